The Bertz CT molecular complexity index is 1120. The molecular weight excluding hydrogens is 330 g/mol. The second-order valence-corrected chi connectivity index (χ2v) is 5.88. The van der Waals surface area contributed by atoms with Crippen LogP contribution in [0.15, 0.2) is 54.1 Å². The van der Waals surface area contributed by atoms with Gasteiger partial charge >= 0.3 is 0 Å². The van der Waals surface area contributed by atoms with Gasteiger partial charge in [0.05, 0.1) is 4.92 Å². The van der Waals surface area contributed by atoms with E-state index in [-0.39, 0.29) is 16.8 Å². The summed E-state index contributed by atoms with van der Waals surface area (Å²) in [5, 5.41) is 21.3. The number of non-ortho nitro benzene ring substituents is 1. The van der Waals surface area contributed by atoms with Crippen molar-refractivity contribution in [3.63, 3.8) is 0 Å². The molecule has 3 rings (SSSR count). The van der Waals surface area contributed by atoms with Crippen molar-refractivity contribution in [2.45, 2.75) is 6.92 Å². The molecule has 0 amide bonds. The van der Waals surface area contributed by atoms with Gasteiger partial charge in [-0.25, -0.2) is 0 Å². The molecule has 0 aliphatic rings. The van der Waals surface area contributed by atoms with Crippen LogP contribution in [0.4, 0.5) is 5.69 Å². The van der Waals surface area contributed by atoms with Crippen LogP contribution in [-0.4, -0.2) is 15.3 Å². The van der Waals surface area contributed by atoms with Gasteiger partial charge in [-0.1, -0.05) is 30.3 Å². The summed E-state index contributed by atoms with van der Waals surface area (Å²) in [5.41, 5.74) is 2.57. The lowest BCUT2D eigenvalue weighted by atomic mass is 10.0. The van der Waals surface area contributed by atoms with Crippen LogP contribution in [0.3, 0.4) is 0 Å². The Labute approximate surface area is 149 Å². The first-order valence-corrected chi connectivity index (χ1v) is 7.89. The third kappa shape index (κ3) is 2.87. The van der Waals surface area contributed by atoms with Gasteiger partial charge in [0.15, 0.2) is 0 Å². The van der Waals surface area contributed by atoms with Gasteiger partial charge in [0.2, 0.25) is 5.78 Å². The highest BCUT2D eigenvalue weighted by Gasteiger charge is 2.18. The fraction of sp³-hybridized carbons (Fsp3) is 0.100. The van der Waals surface area contributed by atoms with Crippen LogP contribution in [0.5, 0.6) is 0 Å². The summed E-state index contributed by atoms with van der Waals surface area (Å²) in [6.07, 6.45) is 1.55. The maximum atomic E-state index is 12.7. The number of ketones is 1. The van der Waals surface area contributed by atoms with Crippen LogP contribution >= 0.6 is 0 Å². The number of nitrogens with zero attached hydrogens (tertiary/aromatic N) is 3. The van der Waals surface area contributed by atoms with Gasteiger partial charge in [0.25, 0.3) is 5.69 Å². The van der Waals surface area contributed by atoms with Crippen LogP contribution in [0, 0.1) is 28.4 Å². The number of benzene rings is 2. The van der Waals surface area contributed by atoms with Crippen molar-refractivity contribution < 1.29 is 9.72 Å². The first kappa shape index (κ1) is 17.1. The fourth-order valence-corrected chi connectivity index (χ4v) is 2.94. The molecule has 2 aromatic carbocycles. The van der Waals surface area contributed by atoms with Crippen LogP contribution in [0.1, 0.15) is 21.6 Å². The number of nitro benzene ring substituents is 1. The Hall–Kier alpha value is -3.72. The highest BCUT2D eigenvalue weighted by atomic mass is 16.6. The van der Waals surface area contributed by atoms with Crippen molar-refractivity contribution >= 4 is 28.4 Å². The zero-order chi connectivity index (χ0) is 18.8. The van der Waals surface area contributed by atoms with E-state index < -0.39 is 10.7 Å². The second kappa shape index (κ2) is 6.65. The Morgan fingerprint density at radius 1 is 1.23 bits per heavy atom. The van der Waals surface area contributed by atoms with Crippen molar-refractivity contribution in [2.24, 2.45) is 7.05 Å². The minimum Gasteiger partial charge on any atom is -0.347 e. The van der Waals surface area contributed by atoms with Gasteiger partial charge in [-0.2, -0.15) is 5.26 Å². The van der Waals surface area contributed by atoms with E-state index in [1.807, 2.05) is 48.9 Å². The molecule has 1 aromatic heterocycles. The van der Waals surface area contributed by atoms with Crippen LogP contribution in [-0.2, 0) is 7.05 Å². The average Bonchev–Trinajstić information content (AvgIpc) is 2.90. The van der Waals surface area contributed by atoms with E-state index in [1.165, 1.54) is 24.3 Å². The molecule has 3 aromatic rings. The zero-order valence-electron chi connectivity index (χ0n) is 14.3. The summed E-state index contributed by atoms with van der Waals surface area (Å²) in [7, 11) is 1.92. The topological polar surface area (TPSA) is 88.9 Å². The van der Waals surface area contributed by atoms with E-state index in [0.717, 1.165) is 22.2 Å². The average molecular weight is 345 g/mol. The highest BCUT2D eigenvalue weighted by molar-refractivity contribution is 6.15. The highest BCUT2D eigenvalue weighted by Crippen LogP contribution is 2.27. The summed E-state index contributed by atoms with van der Waals surface area (Å²) in [5.74, 6) is -0.538. The number of nitro groups is 1. The van der Waals surface area contributed by atoms with Crippen molar-refractivity contribution in [1.82, 2.24) is 4.57 Å². The molecule has 0 saturated heterocycles. The van der Waals surface area contributed by atoms with Crippen LogP contribution in [0.2, 0.25) is 0 Å². The normalized spacial score (nSPS) is 11.3. The lowest BCUT2D eigenvalue weighted by Gasteiger charge is -2.01. The quantitative estimate of drug-likeness (QED) is 0.233. The predicted octanol–water partition coefficient (Wildman–Crippen LogP) is 4.18. The molecule has 0 radical (unpaired) electrons. The van der Waals surface area contributed by atoms with E-state index in [4.69, 9.17) is 0 Å². The van der Waals surface area contributed by atoms with Crippen molar-refractivity contribution in [1.29, 1.82) is 5.26 Å². The van der Waals surface area contributed by atoms with Crippen LogP contribution in [0.25, 0.3) is 17.0 Å². The lowest BCUT2D eigenvalue weighted by Crippen LogP contribution is -2.03. The van der Waals surface area contributed by atoms with Gasteiger partial charge in [-0.05, 0) is 19.1 Å². The summed E-state index contributed by atoms with van der Waals surface area (Å²) < 4.78 is 1.99. The van der Waals surface area contributed by atoms with Gasteiger partial charge in [0.1, 0.15) is 11.6 Å². The number of carbonyl (C=O) groups excluding carboxylic acids is 1. The molecule has 0 atom stereocenters. The molecule has 0 aliphatic heterocycles. The number of rotatable bonds is 4. The number of carbonyl (C=O) groups is 1. The van der Waals surface area contributed by atoms with E-state index in [1.54, 1.807) is 6.08 Å². The number of aromatic nitrogens is 1. The molecule has 26 heavy (non-hydrogen) atoms. The molecule has 1 heterocycles. The number of hydrogen-bond donors (Lipinski definition) is 0. The molecule has 0 aliphatic carbocycles. The zero-order valence-corrected chi connectivity index (χ0v) is 14.3. The molecule has 128 valence electrons. The molecule has 6 nitrogen and oxygen atoms in total. The van der Waals surface area contributed by atoms with E-state index in [0.29, 0.717) is 0 Å². The first-order chi connectivity index (χ1) is 12.4. The Morgan fingerprint density at radius 3 is 2.65 bits per heavy atom. The Kier molecular flexibility index (Phi) is 4.38. The van der Waals surface area contributed by atoms with Gasteiger partial charge in [-0.15, -0.1) is 0 Å². The molecular formula is C20H15N3O3. The summed E-state index contributed by atoms with van der Waals surface area (Å²) in [6.45, 7) is 1.92. The van der Waals surface area contributed by atoms with Gasteiger partial charge in [0, 0.05) is 46.9 Å². The number of nitriles is 1. The molecule has 0 unspecified atom stereocenters. The lowest BCUT2D eigenvalue weighted by molar-refractivity contribution is -0.384. The number of allylic oxidation sites excluding steroid dienone is 1. The SMILES string of the molecule is Cc1c(/C=C(\C#N)C(=O)c2cccc([N+](=O)[O-])c2)c2ccccc2n1C. The maximum absolute atomic E-state index is 12.7. The Balaban J connectivity index is 2.12. The van der Waals surface area contributed by atoms with E-state index in [9.17, 15) is 20.2 Å². The van der Waals surface area contributed by atoms with Crippen molar-refractivity contribution in [3.8, 4) is 6.07 Å². The van der Waals surface area contributed by atoms with E-state index >= 15 is 0 Å². The number of Topliss-reactive ketones (excluding diaryl/α,β-unsaturated/α-hetero) is 1. The maximum Gasteiger partial charge on any atom is 0.270 e. The summed E-state index contributed by atoms with van der Waals surface area (Å²) in [6, 6.07) is 15.0. The summed E-state index contributed by atoms with van der Waals surface area (Å²) in [4.78, 5) is 23.0. The predicted molar refractivity (Wildman–Crippen MR) is 98.7 cm³/mol. The van der Waals surface area contributed by atoms with E-state index in [2.05, 4.69) is 0 Å². The Morgan fingerprint density at radius 2 is 1.96 bits per heavy atom. The number of aryl methyl sites for hydroxylation is 1. The molecule has 0 bridgehead atoms. The molecule has 0 fully saturated rings. The second-order valence-electron chi connectivity index (χ2n) is 5.88. The molecule has 0 spiro atoms. The molecule has 0 N–H and O–H groups in total. The number of para-hydroxylation sites is 1. The standard InChI is InChI=1S/C20H15N3O3/c1-13-18(17-8-3-4-9-19(17)22(13)2)11-15(12-21)20(24)14-6-5-7-16(10-14)23(25)26/h3-11H,1-2H3/b15-11+. The summed E-state index contributed by atoms with van der Waals surface area (Å²) >= 11 is 0. The monoisotopic (exact) mass is 345 g/mol. The molecule has 6 heteroatoms. The first-order valence-electron chi connectivity index (χ1n) is 7.89. The number of hydrogen-bond acceptors (Lipinski definition) is 4. The molecule has 0 saturated carbocycles. The third-order valence-electron chi connectivity index (χ3n) is 4.42. The third-order valence-corrected chi connectivity index (χ3v) is 4.42. The van der Waals surface area contributed by atoms with Gasteiger partial charge in [-0.3, -0.25) is 14.9 Å². The van der Waals surface area contributed by atoms with Crippen molar-refractivity contribution in [3.05, 3.63) is 81.0 Å². The fourth-order valence-electron chi connectivity index (χ4n) is 2.94. The van der Waals surface area contributed by atoms with Gasteiger partial charge < -0.3 is 4.57 Å². The minimum atomic E-state index is -0.568. The van der Waals surface area contributed by atoms with Crippen LogP contribution < -0.4 is 0 Å². The minimum absolute atomic E-state index is 0.0649. The number of fused-ring (bicyclic) bond motifs is 1. The van der Waals surface area contributed by atoms with Crippen molar-refractivity contribution in [2.75, 3.05) is 0 Å². The largest absolute Gasteiger partial charge is 0.347 e. The smallest absolute Gasteiger partial charge is 0.270 e.